The second kappa shape index (κ2) is 4.94. The molecule has 0 fully saturated rings. The number of hydrogen-bond acceptors (Lipinski definition) is 3. The van der Waals surface area contributed by atoms with Gasteiger partial charge in [-0.3, -0.25) is 9.48 Å². The number of rotatable bonds is 2. The molecular weight excluding hydrogens is 276 g/mol. The Morgan fingerprint density at radius 1 is 1.25 bits per heavy atom. The zero-order valence-corrected chi connectivity index (χ0v) is 11.4. The summed E-state index contributed by atoms with van der Waals surface area (Å²) in [5, 5.41) is 8.21. The van der Waals surface area contributed by atoms with E-state index >= 15 is 0 Å². The zero-order chi connectivity index (χ0) is 14.1. The number of carbonyl (C=O) groups is 1. The van der Waals surface area contributed by atoms with E-state index in [-0.39, 0.29) is 5.91 Å². The second-order valence-corrected chi connectivity index (χ2v) is 4.70. The molecule has 3 rings (SSSR count). The molecule has 2 heterocycles. The van der Waals surface area contributed by atoms with Crippen LogP contribution in [0.5, 0.6) is 0 Å². The van der Waals surface area contributed by atoms with Crippen molar-refractivity contribution < 1.29 is 4.79 Å². The van der Waals surface area contributed by atoms with Crippen molar-refractivity contribution in [3.63, 3.8) is 0 Å². The van der Waals surface area contributed by atoms with Crippen LogP contribution >= 0.6 is 11.6 Å². The van der Waals surface area contributed by atoms with E-state index in [0.29, 0.717) is 16.5 Å². The molecular formula is C14H11ClN4O. The fourth-order valence-electron chi connectivity index (χ4n) is 2.02. The summed E-state index contributed by atoms with van der Waals surface area (Å²) in [6, 6.07) is 10.9. The molecule has 100 valence electrons. The Balaban J connectivity index is 1.95. The molecule has 0 aliphatic heterocycles. The number of pyridine rings is 1. The maximum absolute atomic E-state index is 12.3. The van der Waals surface area contributed by atoms with E-state index < -0.39 is 0 Å². The quantitative estimate of drug-likeness (QED) is 0.737. The number of halogens is 1. The highest BCUT2D eigenvalue weighted by molar-refractivity contribution is 6.29. The molecule has 0 bridgehead atoms. The number of para-hydroxylation sites is 1. The SMILES string of the molecule is Cn1nc(C(=O)Nc2ccc(Cl)nc2)c2ccccc21. The van der Waals surface area contributed by atoms with Crippen LogP contribution in [0, 0.1) is 0 Å². The lowest BCUT2D eigenvalue weighted by molar-refractivity contribution is 0.102. The molecule has 3 aromatic rings. The minimum atomic E-state index is -0.272. The van der Waals surface area contributed by atoms with Gasteiger partial charge >= 0.3 is 0 Å². The van der Waals surface area contributed by atoms with Gasteiger partial charge in [0.05, 0.1) is 17.4 Å². The van der Waals surface area contributed by atoms with Crippen molar-refractivity contribution in [3.05, 3.63) is 53.4 Å². The first-order valence-corrected chi connectivity index (χ1v) is 6.37. The van der Waals surface area contributed by atoms with Gasteiger partial charge in [-0.05, 0) is 18.2 Å². The fraction of sp³-hybridized carbons (Fsp3) is 0.0714. The molecule has 20 heavy (non-hydrogen) atoms. The van der Waals surface area contributed by atoms with Crippen molar-refractivity contribution in [1.29, 1.82) is 0 Å². The van der Waals surface area contributed by atoms with Gasteiger partial charge in [-0.25, -0.2) is 4.98 Å². The van der Waals surface area contributed by atoms with E-state index in [2.05, 4.69) is 15.4 Å². The van der Waals surface area contributed by atoms with Crippen molar-refractivity contribution >= 4 is 34.1 Å². The normalized spacial score (nSPS) is 10.7. The Kier molecular flexibility index (Phi) is 3.12. The smallest absolute Gasteiger partial charge is 0.276 e. The van der Waals surface area contributed by atoms with E-state index in [9.17, 15) is 4.79 Å². The molecule has 0 spiro atoms. The summed E-state index contributed by atoms with van der Waals surface area (Å²) in [5.41, 5.74) is 1.87. The number of nitrogens with zero attached hydrogens (tertiary/aromatic N) is 3. The molecule has 0 saturated carbocycles. The minimum Gasteiger partial charge on any atom is -0.319 e. The third-order valence-electron chi connectivity index (χ3n) is 2.96. The van der Waals surface area contributed by atoms with Gasteiger partial charge in [0.2, 0.25) is 0 Å². The molecule has 0 atom stereocenters. The van der Waals surface area contributed by atoms with Crippen molar-refractivity contribution in [1.82, 2.24) is 14.8 Å². The van der Waals surface area contributed by atoms with E-state index in [1.54, 1.807) is 16.8 Å². The first kappa shape index (κ1) is 12.6. The Labute approximate surface area is 120 Å². The Hall–Kier alpha value is -2.40. The molecule has 1 aromatic carbocycles. The molecule has 6 heteroatoms. The van der Waals surface area contributed by atoms with E-state index in [1.807, 2.05) is 31.3 Å². The number of aryl methyl sites for hydroxylation is 1. The average Bonchev–Trinajstić information content (AvgIpc) is 2.79. The number of carbonyl (C=O) groups excluding carboxylic acids is 1. The van der Waals surface area contributed by atoms with Crippen LogP contribution in [0.4, 0.5) is 5.69 Å². The van der Waals surface area contributed by atoms with Crippen LogP contribution in [0.2, 0.25) is 5.15 Å². The topological polar surface area (TPSA) is 59.8 Å². The van der Waals surface area contributed by atoms with Crippen LogP contribution in [0.3, 0.4) is 0 Å². The molecule has 0 aliphatic carbocycles. The summed E-state index contributed by atoms with van der Waals surface area (Å²) >= 11 is 5.71. The summed E-state index contributed by atoms with van der Waals surface area (Å²) in [6.45, 7) is 0. The van der Waals surface area contributed by atoms with Gasteiger partial charge in [-0.2, -0.15) is 5.10 Å². The lowest BCUT2D eigenvalue weighted by atomic mass is 10.2. The third-order valence-corrected chi connectivity index (χ3v) is 3.18. The van der Waals surface area contributed by atoms with Crippen LogP contribution < -0.4 is 5.32 Å². The predicted molar refractivity (Wildman–Crippen MR) is 77.9 cm³/mol. The van der Waals surface area contributed by atoms with E-state index in [1.165, 1.54) is 6.20 Å². The van der Waals surface area contributed by atoms with Crippen molar-refractivity contribution in [2.75, 3.05) is 5.32 Å². The number of hydrogen-bond donors (Lipinski definition) is 1. The van der Waals surface area contributed by atoms with Gasteiger partial charge in [-0.1, -0.05) is 29.8 Å². The summed E-state index contributed by atoms with van der Waals surface area (Å²) in [7, 11) is 1.81. The standard InChI is InChI=1S/C14H11ClN4O/c1-19-11-5-3-2-4-10(11)13(18-19)14(20)17-9-6-7-12(15)16-8-9/h2-8H,1H3,(H,17,20). The van der Waals surface area contributed by atoms with Crippen LogP contribution in [0.1, 0.15) is 10.5 Å². The number of amides is 1. The Bertz CT molecular complexity index is 779. The predicted octanol–water partition coefficient (Wildman–Crippen LogP) is 2.87. The number of anilines is 1. The molecule has 0 unspecified atom stereocenters. The lowest BCUT2D eigenvalue weighted by Gasteiger charge is -2.02. The van der Waals surface area contributed by atoms with Gasteiger partial charge in [0.15, 0.2) is 5.69 Å². The summed E-state index contributed by atoms with van der Waals surface area (Å²) < 4.78 is 1.68. The summed E-state index contributed by atoms with van der Waals surface area (Å²) in [4.78, 5) is 16.2. The van der Waals surface area contributed by atoms with Gasteiger partial charge < -0.3 is 5.32 Å². The average molecular weight is 287 g/mol. The lowest BCUT2D eigenvalue weighted by Crippen LogP contribution is -2.13. The largest absolute Gasteiger partial charge is 0.319 e. The van der Waals surface area contributed by atoms with Gasteiger partial charge in [0.25, 0.3) is 5.91 Å². The van der Waals surface area contributed by atoms with Crippen LogP contribution in [0.15, 0.2) is 42.6 Å². The number of fused-ring (bicyclic) bond motifs is 1. The molecule has 0 radical (unpaired) electrons. The third kappa shape index (κ3) is 2.23. The minimum absolute atomic E-state index is 0.272. The van der Waals surface area contributed by atoms with Gasteiger partial charge in [0.1, 0.15) is 5.15 Å². The first-order valence-electron chi connectivity index (χ1n) is 6.00. The maximum atomic E-state index is 12.3. The highest BCUT2D eigenvalue weighted by Crippen LogP contribution is 2.19. The van der Waals surface area contributed by atoms with Gasteiger partial charge in [0, 0.05) is 12.4 Å². The zero-order valence-electron chi connectivity index (χ0n) is 10.7. The molecule has 5 nitrogen and oxygen atoms in total. The van der Waals surface area contributed by atoms with Crippen LogP contribution in [-0.2, 0) is 7.05 Å². The second-order valence-electron chi connectivity index (χ2n) is 4.31. The Morgan fingerprint density at radius 3 is 2.80 bits per heavy atom. The van der Waals surface area contributed by atoms with Crippen LogP contribution in [-0.4, -0.2) is 20.7 Å². The van der Waals surface area contributed by atoms with Crippen LogP contribution in [0.25, 0.3) is 10.9 Å². The summed E-state index contributed by atoms with van der Waals surface area (Å²) in [5.74, 6) is -0.272. The number of nitrogens with one attached hydrogen (secondary N) is 1. The monoisotopic (exact) mass is 286 g/mol. The molecule has 2 aromatic heterocycles. The number of benzene rings is 1. The van der Waals surface area contributed by atoms with Gasteiger partial charge in [-0.15, -0.1) is 0 Å². The molecule has 0 aliphatic rings. The van der Waals surface area contributed by atoms with Crippen molar-refractivity contribution in [3.8, 4) is 0 Å². The van der Waals surface area contributed by atoms with Crippen molar-refractivity contribution in [2.45, 2.75) is 0 Å². The van der Waals surface area contributed by atoms with E-state index in [4.69, 9.17) is 11.6 Å². The van der Waals surface area contributed by atoms with Crippen molar-refractivity contribution in [2.24, 2.45) is 7.05 Å². The Morgan fingerprint density at radius 2 is 2.05 bits per heavy atom. The van der Waals surface area contributed by atoms with E-state index in [0.717, 1.165) is 10.9 Å². The molecule has 1 amide bonds. The molecule has 0 saturated heterocycles. The number of aromatic nitrogens is 3. The summed E-state index contributed by atoms with van der Waals surface area (Å²) in [6.07, 6.45) is 1.51. The highest BCUT2D eigenvalue weighted by Gasteiger charge is 2.15. The maximum Gasteiger partial charge on any atom is 0.276 e. The fourth-order valence-corrected chi connectivity index (χ4v) is 2.13. The molecule has 1 N–H and O–H groups in total. The first-order chi connectivity index (χ1) is 9.65. The highest BCUT2D eigenvalue weighted by atomic mass is 35.5.